The average Bonchev–Trinajstić information content (AvgIpc) is 2.39. The Morgan fingerprint density at radius 3 is 2.33 bits per heavy atom. The highest BCUT2D eigenvalue weighted by Gasteiger charge is 1.97. The summed E-state index contributed by atoms with van der Waals surface area (Å²) >= 11 is 6.33. The van der Waals surface area contributed by atoms with Gasteiger partial charge >= 0.3 is 0 Å². The normalized spacial score (nSPS) is 13.7. The highest BCUT2D eigenvalue weighted by Crippen LogP contribution is 2.25. The molecule has 0 radical (unpaired) electrons. The van der Waals surface area contributed by atoms with Gasteiger partial charge in [0, 0.05) is 8.95 Å². The van der Waals surface area contributed by atoms with Crippen LogP contribution in [0.4, 0.5) is 0 Å². The van der Waals surface area contributed by atoms with E-state index in [-0.39, 0.29) is 34.4 Å². The van der Waals surface area contributed by atoms with Crippen LogP contribution in [-0.4, -0.2) is 0 Å². The standard InChI is InChI=1S/C12H8Br2O/c13-9-4-6-11(7-5-9)15-12-3-1-2-10(14)8-12/h1-8H/i4D,5D,6D,7D. The second-order valence-corrected chi connectivity index (χ2v) is 4.41. The number of hydrogen-bond acceptors (Lipinski definition) is 1. The first kappa shape index (κ1) is 6.71. The fourth-order valence-corrected chi connectivity index (χ4v) is 1.56. The number of rotatable bonds is 2. The molecule has 0 spiro atoms. The lowest BCUT2D eigenvalue weighted by Crippen LogP contribution is -1.83. The molecule has 0 bridgehead atoms. The van der Waals surface area contributed by atoms with Gasteiger partial charge in [-0.15, -0.1) is 0 Å². The van der Waals surface area contributed by atoms with E-state index in [9.17, 15) is 0 Å². The molecule has 2 rings (SSSR count). The molecule has 0 amide bonds. The lowest BCUT2D eigenvalue weighted by atomic mass is 10.3. The van der Waals surface area contributed by atoms with Crippen molar-refractivity contribution in [3.05, 3.63) is 57.4 Å². The first-order valence-electron chi connectivity index (χ1n) is 6.11. The topological polar surface area (TPSA) is 9.23 Å². The van der Waals surface area contributed by atoms with E-state index in [1.54, 1.807) is 18.2 Å². The summed E-state index contributed by atoms with van der Waals surface area (Å²) in [6.07, 6.45) is 0. The van der Waals surface area contributed by atoms with Crippen molar-refractivity contribution in [2.45, 2.75) is 0 Å². The van der Waals surface area contributed by atoms with Crippen molar-refractivity contribution in [1.82, 2.24) is 0 Å². The van der Waals surface area contributed by atoms with E-state index in [0.29, 0.717) is 5.75 Å². The summed E-state index contributed by atoms with van der Waals surface area (Å²) in [6, 6.07) is 6.20. The molecular weight excluding hydrogens is 320 g/mol. The quantitative estimate of drug-likeness (QED) is 0.752. The van der Waals surface area contributed by atoms with Crippen molar-refractivity contribution >= 4 is 31.9 Å². The molecule has 76 valence electrons. The first-order valence-corrected chi connectivity index (χ1v) is 5.69. The summed E-state index contributed by atoms with van der Waals surface area (Å²) in [5.74, 6) is 0.355. The Bertz CT molecular complexity index is 617. The van der Waals surface area contributed by atoms with E-state index in [2.05, 4.69) is 31.9 Å². The third-order valence-electron chi connectivity index (χ3n) is 1.59. The molecule has 15 heavy (non-hydrogen) atoms. The van der Waals surface area contributed by atoms with Crippen LogP contribution >= 0.6 is 31.9 Å². The van der Waals surface area contributed by atoms with Crippen molar-refractivity contribution in [1.29, 1.82) is 0 Å². The molecule has 0 unspecified atom stereocenters. The first-order chi connectivity index (χ1) is 8.91. The molecule has 0 heterocycles. The van der Waals surface area contributed by atoms with Crippen LogP contribution in [0.1, 0.15) is 5.48 Å². The summed E-state index contributed by atoms with van der Waals surface area (Å²) < 4.78 is 37.4. The van der Waals surface area contributed by atoms with Gasteiger partial charge in [-0.1, -0.05) is 37.9 Å². The predicted molar refractivity (Wildman–Crippen MR) is 68.4 cm³/mol. The molecule has 2 aromatic rings. The molecule has 0 saturated carbocycles. The Morgan fingerprint density at radius 1 is 0.933 bits per heavy atom. The Labute approximate surface area is 111 Å². The minimum atomic E-state index is -0.215. The van der Waals surface area contributed by atoms with E-state index in [1.807, 2.05) is 6.07 Å². The molecule has 0 saturated heterocycles. The van der Waals surface area contributed by atoms with Gasteiger partial charge in [0.2, 0.25) is 0 Å². The molecule has 2 aromatic carbocycles. The average molecular weight is 332 g/mol. The van der Waals surface area contributed by atoms with Gasteiger partial charge in [0.05, 0.1) is 5.48 Å². The maximum Gasteiger partial charge on any atom is 0.128 e. The van der Waals surface area contributed by atoms with E-state index in [0.717, 1.165) is 4.47 Å². The van der Waals surface area contributed by atoms with Crippen LogP contribution in [0.3, 0.4) is 0 Å². The van der Waals surface area contributed by atoms with E-state index in [1.165, 1.54) is 0 Å². The van der Waals surface area contributed by atoms with Crippen LogP contribution < -0.4 is 4.74 Å². The van der Waals surface area contributed by atoms with E-state index >= 15 is 0 Å². The van der Waals surface area contributed by atoms with Crippen LogP contribution in [0.15, 0.2) is 57.4 Å². The summed E-state index contributed by atoms with van der Waals surface area (Å²) in [7, 11) is 0. The monoisotopic (exact) mass is 330 g/mol. The minimum Gasteiger partial charge on any atom is -0.457 e. The molecule has 0 aliphatic rings. The molecule has 3 heteroatoms. The lowest BCUT2D eigenvalue weighted by molar-refractivity contribution is 0.482. The molecule has 0 N–H and O–H groups in total. The van der Waals surface area contributed by atoms with E-state index < -0.39 is 0 Å². The largest absolute Gasteiger partial charge is 0.457 e. The third-order valence-corrected chi connectivity index (χ3v) is 2.48. The van der Waals surface area contributed by atoms with Crippen LogP contribution in [0.5, 0.6) is 11.5 Å². The van der Waals surface area contributed by atoms with Gasteiger partial charge < -0.3 is 4.74 Å². The lowest BCUT2D eigenvalue weighted by Gasteiger charge is -2.05. The second kappa shape index (κ2) is 4.81. The van der Waals surface area contributed by atoms with Gasteiger partial charge in [-0.05, 0) is 42.4 Å². The van der Waals surface area contributed by atoms with Gasteiger partial charge in [0.25, 0.3) is 0 Å². The summed E-state index contributed by atoms with van der Waals surface area (Å²) in [5.41, 5.74) is 0. The smallest absolute Gasteiger partial charge is 0.128 e. The maximum atomic E-state index is 7.82. The zero-order chi connectivity index (χ0) is 14.2. The molecular formula is C12H8Br2O. The number of ether oxygens (including phenoxy) is 1. The Morgan fingerprint density at radius 2 is 1.67 bits per heavy atom. The fraction of sp³-hybridized carbons (Fsp3) is 0. The van der Waals surface area contributed by atoms with Crippen molar-refractivity contribution in [2.75, 3.05) is 0 Å². The fourth-order valence-electron chi connectivity index (χ4n) is 0.985. The SMILES string of the molecule is [2H]c1c([2H])c(Oc2cccc(Br)c2)c([2H])c([2H])c1Br. The summed E-state index contributed by atoms with van der Waals surface area (Å²) in [4.78, 5) is 0. The highest BCUT2D eigenvalue weighted by atomic mass is 79.9. The molecule has 1 nitrogen and oxygen atoms in total. The van der Waals surface area contributed by atoms with Crippen molar-refractivity contribution in [2.24, 2.45) is 0 Å². The maximum absolute atomic E-state index is 7.82. The predicted octanol–water partition coefficient (Wildman–Crippen LogP) is 5.00. The Balaban J connectivity index is 2.52. The second-order valence-electron chi connectivity index (χ2n) is 2.70. The number of benzene rings is 2. The van der Waals surface area contributed by atoms with Crippen LogP contribution in [0.25, 0.3) is 0 Å². The van der Waals surface area contributed by atoms with Crippen molar-refractivity contribution < 1.29 is 10.2 Å². The van der Waals surface area contributed by atoms with E-state index in [4.69, 9.17) is 10.2 Å². The van der Waals surface area contributed by atoms with Crippen molar-refractivity contribution in [3.63, 3.8) is 0 Å². The molecule has 0 aliphatic heterocycles. The van der Waals surface area contributed by atoms with Gasteiger partial charge in [-0.2, -0.15) is 0 Å². The molecule has 0 aliphatic carbocycles. The Hall–Kier alpha value is -0.800. The molecule has 0 fully saturated rings. The third kappa shape index (κ3) is 3.08. The minimum absolute atomic E-state index is 0.0868. The van der Waals surface area contributed by atoms with Gasteiger partial charge in [-0.3, -0.25) is 0 Å². The number of halogens is 2. The highest BCUT2D eigenvalue weighted by molar-refractivity contribution is 9.10. The Kier molecular flexibility index (Phi) is 2.15. The number of hydrogen-bond donors (Lipinski definition) is 0. The molecule has 0 atom stereocenters. The van der Waals surface area contributed by atoms with Gasteiger partial charge in [-0.25, -0.2) is 0 Å². The zero-order valence-electron chi connectivity index (χ0n) is 11.5. The van der Waals surface area contributed by atoms with Gasteiger partial charge in [0.15, 0.2) is 0 Å². The summed E-state index contributed by atoms with van der Waals surface area (Å²) in [6.45, 7) is 0. The van der Waals surface area contributed by atoms with Crippen LogP contribution in [-0.2, 0) is 0 Å². The van der Waals surface area contributed by atoms with Crippen LogP contribution in [0, 0.1) is 0 Å². The van der Waals surface area contributed by atoms with Crippen LogP contribution in [0.2, 0.25) is 0 Å². The van der Waals surface area contributed by atoms with Crippen molar-refractivity contribution in [3.8, 4) is 11.5 Å². The summed E-state index contributed by atoms with van der Waals surface area (Å²) in [5, 5.41) is 0. The molecule has 0 aromatic heterocycles. The zero-order valence-corrected chi connectivity index (χ0v) is 10.6. The van der Waals surface area contributed by atoms with Gasteiger partial charge in [0.1, 0.15) is 11.5 Å².